The van der Waals surface area contributed by atoms with Crippen LogP contribution in [0.1, 0.15) is 40.5 Å². The molecule has 0 unspecified atom stereocenters. The Morgan fingerprint density at radius 1 is 1.10 bits per heavy atom. The van der Waals surface area contributed by atoms with Crippen molar-refractivity contribution >= 4 is 17.3 Å². The predicted octanol–water partition coefficient (Wildman–Crippen LogP) is 2.38. The van der Waals surface area contributed by atoms with Crippen LogP contribution in [0, 0.1) is 5.92 Å². The Morgan fingerprint density at radius 2 is 1.93 bits per heavy atom. The van der Waals surface area contributed by atoms with Crippen molar-refractivity contribution in [2.75, 3.05) is 13.3 Å². The molecule has 3 heterocycles. The fourth-order valence-corrected chi connectivity index (χ4v) is 3.06. The Morgan fingerprint density at radius 3 is 2.76 bits per heavy atom. The topological polar surface area (TPSA) is 94.0 Å². The molecule has 0 fully saturated rings. The first-order chi connectivity index (χ1) is 14.0. The number of benzene rings is 1. The van der Waals surface area contributed by atoms with Crippen LogP contribution in [-0.4, -0.2) is 34.5 Å². The Hall–Kier alpha value is -3.55. The van der Waals surface area contributed by atoms with Gasteiger partial charge in [-0.3, -0.25) is 14.0 Å². The first-order valence-electron chi connectivity index (χ1n) is 9.45. The third kappa shape index (κ3) is 3.87. The SMILES string of the molecule is CC(C)CNC(=O)c1nc(C(=O)NCc2ccc3c(c2)OCO3)c2ccccn12. The third-order valence-electron chi connectivity index (χ3n) is 4.53. The lowest BCUT2D eigenvalue weighted by Crippen LogP contribution is -2.29. The summed E-state index contributed by atoms with van der Waals surface area (Å²) in [6, 6.07) is 10.9. The number of pyridine rings is 1. The van der Waals surface area contributed by atoms with E-state index in [2.05, 4.69) is 15.6 Å². The number of aromatic nitrogens is 2. The van der Waals surface area contributed by atoms with Gasteiger partial charge in [0.05, 0.1) is 5.52 Å². The van der Waals surface area contributed by atoms with E-state index in [4.69, 9.17) is 9.47 Å². The second-order valence-corrected chi connectivity index (χ2v) is 7.21. The van der Waals surface area contributed by atoms with Crippen LogP contribution < -0.4 is 20.1 Å². The van der Waals surface area contributed by atoms with Gasteiger partial charge in [0, 0.05) is 19.3 Å². The number of imidazole rings is 1. The van der Waals surface area contributed by atoms with E-state index in [1.54, 1.807) is 28.8 Å². The molecule has 0 radical (unpaired) electrons. The van der Waals surface area contributed by atoms with Gasteiger partial charge in [-0.1, -0.05) is 26.0 Å². The molecule has 2 N–H and O–H groups in total. The molecule has 0 saturated heterocycles. The van der Waals surface area contributed by atoms with E-state index in [1.807, 2.05) is 32.0 Å². The maximum atomic E-state index is 12.8. The number of ether oxygens (including phenoxy) is 2. The van der Waals surface area contributed by atoms with E-state index in [-0.39, 0.29) is 30.1 Å². The summed E-state index contributed by atoms with van der Waals surface area (Å²) in [5, 5.41) is 5.70. The highest BCUT2D eigenvalue weighted by Gasteiger charge is 2.21. The molecule has 8 nitrogen and oxygen atoms in total. The molecule has 2 aromatic heterocycles. The summed E-state index contributed by atoms with van der Waals surface area (Å²) >= 11 is 0. The lowest BCUT2D eigenvalue weighted by molar-refractivity contribution is 0.0938. The van der Waals surface area contributed by atoms with Crippen LogP contribution in [0.15, 0.2) is 42.6 Å². The zero-order valence-corrected chi connectivity index (χ0v) is 16.3. The number of hydrogen-bond acceptors (Lipinski definition) is 5. The smallest absolute Gasteiger partial charge is 0.287 e. The van der Waals surface area contributed by atoms with Crippen molar-refractivity contribution in [2.45, 2.75) is 20.4 Å². The van der Waals surface area contributed by atoms with Gasteiger partial charge in [-0.15, -0.1) is 0 Å². The number of nitrogens with one attached hydrogen (secondary N) is 2. The van der Waals surface area contributed by atoms with Crippen molar-refractivity contribution in [1.82, 2.24) is 20.0 Å². The molecule has 4 rings (SSSR count). The summed E-state index contributed by atoms with van der Waals surface area (Å²) in [5.74, 6) is 1.19. The standard InChI is InChI=1S/C21H22N4O4/c1-13(2)10-22-21(27)19-24-18(15-5-3-4-8-25(15)19)20(26)23-11-14-6-7-16-17(9-14)29-12-28-16/h3-9,13H,10-12H2,1-2H3,(H,22,27)(H,23,26). The highest BCUT2D eigenvalue weighted by molar-refractivity contribution is 6.02. The molecule has 3 aromatic rings. The number of nitrogens with zero attached hydrogens (tertiary/aromatic N) is 2. The quantitative estimate of drug-likeness (QED) is 0.670. The average Bonchev–Trinajstić information content (AvgIpc) is 3.34. The molecule has 150 valence electrons. The zero-order chi connectivity index (χ0) is 20.4. The monoisotopic (exact) mass is 394 g/mol. The summed E-state index contributed by atoms with van der Waals surface area (Å²) in [5.41, 5.74) is 1.66. The van der Waals surface area contributed by atoms with E-state index in [0.29, 0.717) is 36.0 Å². The fraction of sp³-hybridized carbons (Fsp3) is 0.286. The Labute approximate surface area is 167 Å². The average molecular weight is 394 g/mol. The molecule has 29 heavy (non-hydrogen) atoms. The molecular formula is C21H22N4O4. The number of carbonyl (C=O) groups excluding carboxylic acids is 2. The molecule has 1 aliphatic rings. The molecule has 1 aliphatic heterocycles. The summed E-state index contributed by atoms with van der Waals surface area (Å²) < 4.78 is 12.3. The third-order valence-corrected chi connectivity index (χ3v) is 4.53. The van der Waals surface area contributed by atoms with Crippen LogP contribution in [0.5, 0.6) is 11.5 Å². The Bertz CT molecular complexity index is 1070. The number of fused-ring (bicyclic) bond motifs is 2. The van der Waals surface area contributed by atoms with Crippen molar-refractivity contribution < 1.29 is 19.1 Å². The first-order valence-corrected chi connectivity index (χ1v) is 9.45. The first kappa shape index (κ1) is 18.8. The molecule has 8 heteroatoms. The van der Waals surface area contributed by atoms with Gasteiger partial charge in [0.2, 0.25) is 12.6 Å². The van der Waals surface area contributed by atoms with Crippen LogP contribution in [0.2, 0.25) is 0 Å². The lowest BCUT2D eigenvalue weighted by Gasteiger charge is -2.06. The van der Waals surface area contributed by atoms with Gasteiger partial charge in [0.1, 0.15) is 0 Å². The normalized spacial score (nSPS) is 12.4. The largest absolute Gasteiger partial charge is 0.454 e. The minimum atomic E-state index is -0.353. The Kier molecular flexibility index (Phi) is 5.07. The fourth-order valence-electron chi connectivity index (χ4n) is 3.06. The molecule has 0 spiro atoms. The van der Waals surface area contributed by atoms with E-state index in [9.17, 15) is 9.59 Å². The summed E-state index contributed by atoms with van der Waals surface area (Å²) in [7, 11) is 0. The minimum Gasteiger partial charge on any atom is -0.454 e. The number of amides is 2. The molecule has 0 saturated carbocycles. The molecular weight excluding hydrogens is 372 g/mol. The van der Waals surface area contributed by atoms with Crippen molar-refractivity contribution in [3.05, 3.63) is 59.7 Å². The van der Waals surface area contributed by atoms with Crippen molar-refractivity contribution in [3.8, 4) is 11.5 Å². The molecule has 0 atom stereocenters. The number of hydrogen-bond donors (Lipinski definition) is 2. The Balaban J connectivity index is 1.53. The van der Waals surface area contributed by atoms with E-state index < -0.39 is 0 Å². The van der Waals surface area contributed by atoms with Crippen LogP contribution in [0.25, 0.3) is 5.52 Å². The van der Waals surface area contributed by atoms with Gasteiger partial charge in [0.25, 0.3) is 11.8 Å². The lowest BCUT2D eigenvalue weighted by atomic mass is 10.2. The van der Waals surface area contributed by atoms with Gasteiger partial charge >= 0.3 is 0 Å². The van der Waals surface area contributed by atoms with Crippen LogP contribution in [0.3, 0.4) is 0 Å². The minimum absolute atomic E-state index is 0.189. The van der Waals surface area contributed by atoms with Crippen molar-refractivity contribution in [1.29, 1.82) is 0 Å². The summed E-state index contributed by atoms with van der Waals surface area (Å²) in [6.07, 6.45) is 1.72. The van der Waals surface area contributed by atoms with Crippen LogP contribution in [-0.2, 0) is 6.54 Å². The molecule has 2 amide bonds. The summed E-state index contributed by atoms with van der Waals surface area (Å²) in [4.78, 5) is 29.7. The predicted molar refractivity (Wildman–Crippen MR) is 106 cm³/mol. The van der Waals surface area contributed by atoms with E-state index in [0.717, 1.165) is 5.56 Å². The van der Waals surface area contributed by atoms with E-state index >= 15 is 0 Å². The van der Waals surface area contributed by atoms with Crippen LogP contribution in [0.4, 0.5) is 0 Å². The summed E-state index contributed by atoms with van der Waals surface area (Å²) in [6.45, 7) is 5.06. The molecule has 1 aromatic carbocycles. The maximum absolute atomic E-state index is 12.8. The zero-order valence-electron chi connectivity index (χ0n) is 16.3. The molecule has 0 bridgehead atoms. The van der Waals surface area contributed by atoms with Gasteiger partial charge in [-0.25, -0.2) is 4.98 Å². The van der Waals surface area contributed by atoms with Gasteiger partial charge in [-0.2, -0.15) is 0 Å². The highest BCUT2D eigenvalue weighted by Crippen LogP contribution is 2.32. The van der Waals surface area contributed by atoms with Gasteiger partial charge < -0.3 is 20.1 Å². The maximum Gasteiger partial charge on any atom is 0.287 e. The number of rotatable bonds is 6. The second kappa shape index (κ2) is 7.83. The van der Waals surface area contributed by atoms with Crippen LogP contribution >= 0.6 is 0 Å². The second-order valence-electron chi connectivity index (χ2n) is 7.21. The van der Waals surface area contributed by atoms with Crippen molar-refractivity contribution in [2.24, 2.45) is 5.92 Å². The van der Waals surface area contributed by atoms with E-state index in [1.165, 1.54) is 0 Å². The van der Waals surface area contributed by atoms with Gasteiger partial charge in [0.15, 0.2) is 17.2 Å². The molecule has 0 aliphatic carbocycles. The van der Waals surface area contributed by atoms with Gasteiger partial charge in [-0.05, 0) is 35.7 Å². The number of carbonyl (C=O) groups is 2. The van der Waals surface area contributed by atoms with Crippen molar-refractivity contribution in [3.63, 3.8) is 0 Å². The highest BCUT2D eigenvalue weighted by atomic mass is 16.7.